The molecule has 1 rings (SSSR count). The molecule has 1 aromatic heterocycles. The zero-order valence-electron chi connectivity index (χ0n) is 9.45. The molecule has 84 valence electrons. The second-order valence-corrected chi connectivity index (χ2v) is 3.62. The van der Waals surface area contributed by atoms with E-state index in [0.29, 0.717) is 25.4 Å². The summed E-state index contributed by atoms with van der Waals surface area (Å²) in [5, 5.41) is 0. The van der Waals surface area contributed by atoms with E-state index in [1.165, 1.54) is 6.39 Å². The summed E-state index contributed by atoms with van der Waals surface area (Å²) < 4.78 is 10.1. The van der Waals surface area contributed by atoms with Crippen LogP contribution in [0.3, 0.4) is 0 Å². The van der Waals surface area contributed by atoms with Crippen LogP contribution in [0.4, 0.5) is 0 Å². The second kappa shape index (κ2) is 5.53. The maximum Gasteiger partial charge on any atom is 0.306 e. The zero-order chi connectivity index (χ0) is 11.3. The van der Waals surface area contributed by atoms with Crippen LogP contribution in [0.25, 0.3) is 0 Å². The lowest BCUT2D eigenvalue weighted by Gasteiger charge is -2.03. The molecule has 0 aliphatic carbocycles. The van der Waals surface area contributed by atoms with E-state index in [4.69, 9.17) is 9.15 Å². The molecule has 0 saturated carbocycles. The number of nitrogens with zero attached hydrogens (tertiary/aromatic N) is 1. The van der Waals surface area contributed by atoms with Crippen LogP contribution < -0.4 is 0 Å². The topological polar surface area (TPSA) is 52.3 Å². The van der Waals surface area contributed by atoms with Crippen molar-refractivity contribution in [3.05, 3.63) is 17.8 Å². The van der Waals surface area contributed by atoms with Gasteiger partial charge in [0.25, 0.3) is 0 Å². The fourth-order valence-corrected chi connectivity index (χ4v) is 1.39. The Balaban J connectivity index is 2.50. The summed E-state index contributed by atoms with van der Waals surface area (Å²) >= 11 is 0. The van der Waals surface area contributed by atoms with Gasteiger partial charge in [0, 0.05) is 12.3 Å². The number of aromatic nitrogens is 1. The van der Waals surface area contributed by atoms with E-state index < -0.39 is 0 Å². The minimum atomic E-state index is -0.185. The Morgan fingerprint density at radius 1 is 1.60 bits per heavy atom. The van der Waals surface area contributed by atoms with Gasteiger partial charge in [-0.05, 0) is 6.92 Å². The van der Waals surface area contributed by atoms with Gasteiger partial charge in [0.05, 0.1) is 18.7 Å². The highest BCUT2D eigenvalue weighted by atomic mass is 16.5. The van der Waals surface area contributed by atoms with Crippen molar-refractivity contribution in [1.82, 2.24) is 4.98 Å². The molecular formula is C11H17NO3. The van der Waals surface area contributed by atoms with Crippen molar-refractivity contribution in [3.63, 3.8) is 0 Å². The number of aryl methyl sites for hydroxylation is 1. The van der Waals surface area contributed by atoms with Gasteiger partial charge in [-0.25, -0.2) is 4.98 Å². The fourth-order valence-electron chi connectivity index (χ4n) is 1.39. The number of carbonyl (C=O) groups is 1. The van der Waals surface area contributed by atoms with Crippen molar-refractivity contribution in [2.24, 2.45) is 0 Å². The van der Waals surface area contributed by atoms with Gasteiger partial charge in [-0.3, -0.25) is 4.79 Å². The van der Waals surface area contributed by atoms with Gasteiger partial charge in [-0.15, -0.1) is 0 Å². The molecule has 0 aromatic carbocycles. The molecule has 0 saturated heterocycles. The Morgan fingerprint density at radius 3 is 2.93 bits per heavy atom. The van der Waals surface area contributed by atoms with Gasteiger partial charge in [0.2, 0.25) is 0 Å². The highest BCUT2D eigenvalue weighted by Crippen LogP contribution is 2.19. The first-order valence-electron chi connectivity index (χ1n) is 5.23. The van der Waals surface area contributed by atoms with Crippen molar-refractivity contribution >= 4 is 5.97 Å². The first-order valence-corrected chi connectivity index (χ1v) is 5.23. The largest absolute Gasteiger partial charge is 0.466 e. The number of esters is 1. The van der Waals surface area contributed by atoms with Crippen LogP contribution in [0.5, 0.6) is 0 Å². The first-order chi connectivity index (χ1) is 7.15. The molecule has 0 amide bonds. The van der Waals surface area contributed by atoms with E-state index in [-0.39, 0.29) is 5.97 Å². The molecule has 0 spiro atoms. The van der Waals surface area contributed by atoms with Crippen molar-refractivity contribution in [2.45, 2.75) is 39.5 Å². The molecule has 0 aliphatic heterocycles. The lowest BCUT2D eigenvalue weighted by molar-refractivity contribution is -0.143. The maximum atomic E-state index is 11.1. The molecule has 0 unspecified atom stereocenters. The smallest absolute Gasteiger partial charge is 0.306 e. The average molecular weight is 211 g/mol. The molecule has 0 aliphatic rings. The summed E-state index contributed by atoms with van der Waals surface area (Å²) in [6.07, 6.45) is 2.37. The first kappa shape index (κ1) is 11.8. The molecule has 1 heterocycles. The number of carbonyl (C=O) groups excluding carboxylic acids is 1. The van der Waals surface area contributed by atoms with Crippen LogP contribution in [0.15, 0.2) is 10.8 Å². The Morgan fingerprint density at radius 2 is 2.33 bits per heavy atom. The third-order valence-corrected chi connectivity index (χ3v) is 2.07. The molecule has 15 heavy (non-hydrogen) atoms. The summed E-state index contributed by atoms with van der Waals surface area (Å²) in [4.78, 5) is 15.2. The molecular weight excluding hydrogens is 194 g/mol. The van der Waals surface area contributed by atoms with Gasteiger partial charge < -0.3 is 9.15 Å². The molecule has 0 bridgehead atoms. The lowest BCUT2D eigenvalue weighted by atomic mass is 10.1. The second-order valence-electron chi connectivity index (χ2n) is 3.62. The third kappa shape index (κ3) is 3.38. The highest BCUT2D eigenvalue weighted by Gasteiger charge is 2.13. The van der Waals surface area contributed by atoms with Crippen molar-refractivity contribution < 1.29 is 13.9 Å². The highest BCUT2D eigenvalue weighted by molar-refractivity contribution is 5.69. The Bertz CT molecular complexity index is 317. The van der Waals surface area contributed by atoms with E-state index in [1.807, 2.05) is 13.8 Å². The fraction of sp³-hybridized carbons (Fsp3) is 0.636. The summed E-state index contributed by atoms with van der Waals surface area (Å²) in [6, 6.07) is 0. The van der Waals surface area contributed by atoms with Crippen LogP contribution in [-0.2, 0) is 16.0 Å². The van der Waals surface area contributed by atoms with Gasteiger partial charge in [-0.1, -0.05) is 13.8 Å². The quantitative estimate of drug-likeness (QED) is 0.701. The van der Waals surface area contributed by atoms with Crippen LogP contribution >= 0.6 is 0 Å². The van der Waals surface area contributed by atoms with E-state index in [0.717, 1.165) is 11.5 Å². The Labute approximate surface area is 89.6 Å². The molecule has 0 radical (unpaired) electrons. The predicted octanol–water partition coefficient (Wildman–Crippen LogP) is 2.29. The number of rotatable bonds is 5. The van der Waals surface area contributed by atoms with Crippen molar-refractivity contribution in [1.29, 1.82) is 0 Å². The molecule has 0 N–H and O–H groups in total. The third-order valence-electron chi connectivity index (χ3n) is 2.07. The summed E-state index contributed by atoms with van der Waals surface area (Å²) in [5.74, 6) is 0.971. The minimum absolute atomic E-state index is 0.185. The number of ether oxygens (including phenoxy) is 1. The summed E-state index contributed by atoms with van der Waals surface area (Å²) in [7, 11) is 0. The normalized spacial score (nSPS) is 10.7. The lowest BCUT2D eigenvalue weighted by Crippen LogP contribution is -2.06. The molecule has 4 heteroatoms. The maximum absolute atomic E-state index is 11.1. The van der Waals surface area contributed by atoms with Crippen LogP contribution in [0.1, 0.15) is 44.6 Å². The van der Waals surface area contributed by atoms with Gasteiger partial charge in [0.1, 0.15) is 5.76 Å². The average Bonchev–Trinajstić information content (AvgIpc) is 2.63. The number of hydrogen-bond acceptors (Lipinski definition) is 4. The SMILES string of the molecule is CCOC(=O)CCc1ncoc1C(C)C. The van der Waals surface area contributed by atoms with Crippen molar-refractivity contribution in [2.75, 3.05) is 6.61 Å². The van der Waals surface area contributed by atoms with E-state index >= 15 is 0 Å². The molecule has 4 nitrogen and oxygen atoms in total. The van der Waals surface area contributed by atoms with Crippen molar-refractivity contribution in [3.8, 4) is 0 Å². The Kier molecular flexibility index (Phi) is 4.34. The zero-order valence-corrected chi connectivity index (χ0v) is 9.45. The predicted molar refractivity (Wildman–Crippen MR) is 55.5 cm³/mol. The van der Waals surface area contributed by atoms with Gasteiger partial charge >= 0.3 is 5.97 Å². The summed E-state index contributed by atoms with van der Waals surface area (Å²) in [5.41, 5.74) is 0.859. The van der Waals surface area contributed by atoms with E-state index in [9.17, 15) is 4.79 Å². The molecule has 0 atom stereocenters. The Hall–Kier alpha value is -1.32. The molecule has 0 fully saturated rings. The summed E-state index contributed by atoms with van der Waals surface area (Å²) in [6.45, 7) is 6.30. The number of oxazole rings is 1. The van der Waals surface area contributed by atoms with Crippen LogP contribution in [0, 0.1) is 0 Å². The molecule has 1 aromatic rings. The number of hydrogen-bond donors (Lipinski definition) is 0. The van der Waals surface area contributed by atoms with Crippen LogP contribution in [0.2, 0.25) is 0 Å². The van der Waals surface area contributed by atoms with E-state index in [2.05, 4.69) is 4.98 Å². The van der Waals surface area contributed by atoms with E-state index in [1.54, 1.807) is 6.92 Å². The van der Waals surface area contributed by atoms with Gasteiger partial charge in [-0.2, -0.15) is 0 Å². The minimum Gasteiger partial charge on any atom is -0.466 e. The van der Waals surface area contributed by atoms with Gasteiger partial charge in [0.15, 0.2) is 6.39 Å². The standard InChI is InChI=1S/C11H17NO3/c1-4-14-10(13)6-5-9-11(8(2)3)15-7-12-9/h7-8H,4-6H2,1-3H3. The monoisotopic (exact) mass is 211 g/mol. The van der Waals surface area contributed by atoms with Crippen LogP contribution in [-0.4, -0.2) is 17.6 Å².